The molecule has 0 fully saturated rings. The zero-order valence-electron chi connectivity index (χ0n) is 9.99. The van der Waals surface area contributed by atoms with Crippen LogP contribution in [0.15, 0.2) is 48.5 Å². The molecule has 1 aromatic heterocycles. The van der Waals surface area contributed by atoms with Gasteiger partial charge in [0.2, 0.25) is 0 Å². The summed E-state index contributed by atoms with van der Waals surface area (Å²) in [5, 5.41) is 1.68. The highest BCUT2D eigenvalue weighted by Crippen LogP contribution is 2.24. The first-order valence-corrected chi connectivity index (χ1v) is 6.25. The van der Waals surface area contributed by atoms with Crippen molar-refractivity contribution >= 4 is 22.5 Å². The third-order valence-corrected chi connectivity index (χ3v) is 3.20. The van der Waals surface area contributed by atoms with Crippen molar-refractivity contribution < 1.29 is 9.13 Å². The molecule has 2 aromatic carbocycles. The van der Waals surface area contributed by atoms with Crippen LogP contribution in [0.4, 0.5) is 4.39 Å². The van der Waals surface area contributed by atoms with Crippen LogP contribution in [0.2, 0.25) is 5.02 Å². The third kappa shape index (κ3) is 2.42. The Morgan fingerprint density at radius 3 is 2.74 bits per heavy atom. The summed E-state index contributed by atoms with van der Waals surface area (Å²) in [5.74, 6) is -0.121. The van der Waals surface area contributed by atoms with Crippen LogP contribution in [0.5, 0.6) is 5.75 Å². The molecule has 0 bridgehead atoms. The zero-order chi connectivity index (χ0) is 13.2. The van der Waals surface area contributed by atoms with E-state index >= 15 is 0 Å². The van der Waals surface area contributed by atoms with Crippen molar-refractivity contribution in [1.29, 1.82) is 0 Å². The molecule has 2 nitrogen and oxygen atoms in total. The monoisotopic (exact) mass is 275 g/mol. The Morgan fingerprint density at radius 2 is 1.95 bits per heavy atom. The Hall–Kier alpha value is -2.00. The van der Waals surface area contributed by atoms with Crippen LogP contribution in [0.25, 0.3) is 10.9 Å². The van der Waals surface area contributed by atoms with E-state index in [0.29, 0.717) is 5.02 Å². The van der Waals surface area contributed by atoms with Gasteiger partial charge in [-0.15, -0.1) is 0 Å². The number of hydrogen-bond acceptors (Lipinski definition) is 1. The van der Waals surface area contributed by atoms with Crippen LogP contribution in [0.3, 0.4) is 0 Å². The number of benzene rings is 2. The number of halogens is 2. The van der Waals surface area contributed by atoms with Crippen LogP contribution in [-0.2, 0) is 6.61 Å². The van der Waals surface area contributed by atoms with Gasteiger partial charge in [0.25, 0.3) is 0 Å². The Balaban J connectivity index is 1.83. The van der Waals surface area contributed by atoms with Gasteiger partial charge in [0, 0.05) is 5.39 Å². The molecule has 0 saturated carbocycles. The number of para-hydroxylation sites is 2. The fourth-order valence-electron chi connectivity index (χ4n) is 1.97. The molecule has 0 saturated heterocycles. The van der Waals surface area contributed by atoms with Crippen molar-refractivity contribution in [3.63, 3.8) is 0 Å². The van der Waals surface area contributed by atoms with E-state index in [1.165, 1.54) is 6.07 Å². The normalized spacial score (nSPS) is 10.8. The predicted octanol–water partition coefficient (Wildman–Crippen LogP) is 4.54. The van der Waals surface area contributed by atoms with Crippen molar-refractivity contribution in [2.45, 2.75) is 6.61 Å². The predicted molar refractivity (Wildman–Crippen MR) is 74.0 cm³/mol. The van der Waals surface area contributed by atoms with E-state index in [1.54, 1.807) is 18.2 Å². The molecule has 0 atom stereocenters. The number of aromatic nitrogens is 1. The number of aromatic amines is 1. The lowest BCUT2D eigenvalue weighted by atomic mass is 10.2. The van der Waals surface area contributed by atoms with Gasteiger partial charge in [-0.1, -0.05) is 35.9 Å². The van der Waals surface area contributed by atoms with Crippen molar-refractivity contribution in [2.75, 3.05) is 0 Å². The first-order chi connectivity index (χ1) is 9.24. The fraction of sp³-hybridized carbons (Fsp3) is 0.0667. The van der Waals surface area contributed by atoms with Crippen LogP contribution in [-0.4, -0.2) is 4.98 Å². The van der Waals surface area contributed by atoms with Crippen LogP contribution in [0.1, 0.15) is 5.69 Å². The number of H-pyrrole nitrogens is 1. The minimum atomic E-state index is -0.364. The minimum Gasteiger partial charge on any atom is -0.484 e. The van der Waals surface area contributed by atoms with E-state index in [9.17, 15) is 4.39 Å². The molecule has 1 N–H and O–H groups in total. The molecular weight excluding hydrogens is 265 g/mol. The van der Waals surface area contributed by atoms with Crippen molar-refractivity contribution in [3.05, 3.63) is 65.1 Å². The van der Waals surface area contributed by atoms with Crippen molar-refractivity contribution in [1.82, 2.24) is 4.98 Å². The maximum atomic E-state index is 13.4. The van der Waals surface area contributed by atoms with Gasteiger partial charge in [0.15, 0.2) is 11.6 Å². The second-order valence-corrected chi connectivity index (χ2v) is 4.62. The second kappa shape index (κ2) is 4.94. The highest BCUT2D eigenvalue weighted by atomic mass is 35.5. The summed E-state index contributed by atoms with van der Waals surface area (Å²) in [4.78, 5) is 3.17. The molecular formula is C15H11ClFNO. The Bertz CT molecular complexity index is 723. The number of hydrogen-bond donors (Lipinski definition) is 1. The van der Waals surface area contributed by atoms with Gasteiger partial charge in [0.1, 0.15) is 6.61 Å². The van der Waals surface area contributed by atoms with Crippen LogP contribution < -0.4 is 4.74 Å². The Labute approximate surface area is 114 Å². The highest BCUT2D eigenvalue weighted by Gasteiger charge is 2.06. The first-order valence-electron chi connectivity index (χ1n) is 5.87. The second-order valence-electron chi connectivity index (χ2n) is 4.22. The molecule has 4 heteroatoms. The lowest BCUT2D eigenvalue weighted by molar-refractivity contribution is 0.287. The standard InChI is InChI=1S/C15H11ClFNO/c16-12-5-3-4-10-8-11(18-15(10)12)9-19-14-7-2-1-6-13(14)17/h1-8,18H,9H2. The summed E-state index contributed by atoms with van der Waals surface area (Å²) >= 11 is 6.08. The number of nitrogens with one attached hydrogen (secondary N) is 1. The molecule has 19 heavy (non-hydrogen) atoms. The molecule has 1 heterocycles. The van der Waals surface area contributed by atoms with Crippen LogP contribution in [0, 0.1) is 5.82 Å². The first kappa shape index (κ1) is 12.1. The average molecular weight is 276 g/mol. The number of rotatable bonds is 3. The number of ether oxygens (including phenoxy) is 1. The quantitative estimate of drug-likeness (QED) is 0.746. The van der Waals surface area contributed by atoms with E-state index in [-0.39, 0.29) is 18.2 Å². The van der Waals surface area contributed by atoms with Gasteiger partial charge in [0.05, 0.1) is 16.2 Å². The maximum absolute atomic E-state index is 13.4. The topological polar surface area (TPSA) is 25.0 Å². The third-order valence-electron chi connectivity index (χ3n) is 2.88. The number of fused-ring (bicyclic) bond motifs is 1. The molecule has 0 aliphatic heterocycles. The van der Waals surface area contributed by atoms with Gasteiger partial charge in [-0.3, -0.25) is 0 Å². The van der Waals surface area contributed by atoms with Gasteiger partial charge < -0.3 is 9.72 Å². The summed E-state index contributed by atoms with van der Waals surface area (Å²) in [6, 6.07) is 14.0. The summed E-state index contributed by atoms with van der Waals surface area (Å²) in [7, 11) is 0. The molecule has 0 spiro atoms. The molecule has 0 aliphatic carbocycles. The van der Waals surface area contributed by atoms with E-state index in [2.05, 4.69) is 4.98 Å². The maximum Gasteiger partial charge on any atom is 0.165 e. The lowest BCUT2D eigenvalue weighted by Gasteiger charge is -2.05. The SMILES string of the molecule is Fc1ccccc1OCc1cc2cccc(Cl)c2[nH]1. The van der Waals surface area contributed by atoms with Gasteiger partial charge >= 0.3 is 0 Å². The lowest BCUT2D eigenvalue weighted by Crippen LogP contribution is -1.97. The molecule has 0 aliphatic rings. The van der Waals surface area contributed by atoms with E-state index in [0.717, 1.165) is 16.6 Å². The summed E-state index contributed by atoms with van der Waals surface area (Å²) in [6.45, 7) is 0.270. The fourth-order valence-corrected chi connectivity index (χ4v) is 2.20. The Kier molecular flexibility index (Phi) is 3.13. The van der Waals surface area contributed by atoms with Gasteiger partial charge in [-0.05, 0) is 24.3 Å². The van der Waals surface area contributed by atoms with E-state index in [4.69, 9.17) is 16.3 Å². The van der Waals surface area contributed by atoms with E-state index < -0.39 is 0 Å². The zero-order valence-corrected chi connectivity index (χ0v) is 10.7. The van der Waals surface area contributed by atoms with Crippen LogP contribution >= 0.6 is 11.6 Å². The minimum absolute atomic E-state index is 0.243. The molecule has 3 rings (SSSR count). The molecule has 0 amide bonds. The molecule has 0 unspecified atom stereocenters. The molecule has 96 valence electrons. The summed E-state index contributed by atoms with van der Waals surface area (Å²) in [6.07, 6.45) is 0. The van der Waals surface area contributed by atoms with Crippen molar-refractivity contribution in [2.24, 2.45) is 0 Å². The van der Waals surface area contributed by atoms with E-state index in [1.807, 2.05) is 24.3 Å². The molecule has 0 radical (unpaired) electrons. The van der Waals surface area contributed by atoms with Gasteiger partial charge in [-0.25, -0.2) is 4.39 Å². The largest absolute Gasteiger partial charge is 0.484 e. The average Bonchev–Trinajstić information content (AvgIpc) is 2.82. The summed E-state index contributed by atoms with van der Waals surface area (Å²) in [5.41, 5.74) is 1.72. The summed E-state index contributed by atoms with van der Waals surface area (Å²) < 4.78 is 18.8. The van der Waals surface area contributed by atoms with Crippen molar-refractivity contribution in [3.8, 4) is 5.75 Å². The smallest absolute Gasteiger partial charge is 0.165 e. The Morgan fingerprint density at radius 1 is 1.11 bits per heavy atom. The molecule has 3 aromatic rings. The highest BCUT2D eigenvalue weighted by molar-refractivity contribution is 6.35. The van der Waals surface area contributed by atoms with Gasteiger partial charge in [-0.2, -0.15) is 0 Å².